The lowest BCUT2D eigenvalue weighted by atomic mass is 10.1. The van der Waals surface area contributed by atoms with E-state index in [-0.39, 0.29) is 23.0 Å². The molecule has 2 aromatic carbocycles. The molecule has 0 atom stereocenters. The molecule has 212 valence electrons. The quantitative estimate of drug-likeness (QED) is 0.191. The minimum atomic E-state index is -0.562. The average Bonchev–Trinajstić information content (AvgIpc) is 2.92. The van der Waals surface area contributed by atoms with Crippen molar-refractivity contribution in [3.63, 3.8) is 0 Å². The maximum absolute atomic E-state index is 12.8. The number of ether oxygens (including phenoxy) is 4. The summed E-state index contributed by atoms with van der Waals surface area (Å²) in [6.07, 6.45) is 8.71. The number of hydrogen-bond donors (Lipinski definition) is 2. The minimum Gasteiger partial charge on any atom is -0.486 e. The SMILES string of the molecule is CCCCCCNC(=O)Oc1c(OCCC)c(OCCC)c(OC(=O)NCCCCCC)c2ccccc12. The lowest BCUT2D eigenvalue weighted by Gasteiger charge is -2.21. The van der Waals surface area contributed by atoms with Gasteiger partial charge in [0.15, 0.2) is 11.5 Å². The van der Waals surface area contributed by atoms with E-state index < -0.39 is 12.2 Å². The zero-order valence-corrected chi connectivity index (χ0v) is 23.7. The van der Waals surface area contributed by atoms with Gasteiger partial charge in [-0.05, 0) is 25.7 Å². The first kappa shape index (κ1) is 31.1. The first-order valence-corrected chi connectivity index (χ1v) is 14.3. The third-order valence-corrected chi connectivity index (χ3v) is 5.92. The molecule has 0 saturated heterocycles. The van der Waals surface area contributed by atoms with Crippen molar-refractivity contribution in [2.75, 3.05) is 26.3 Å². The topological polar surface area (TPSA) is 95.1 Å². The van der Waals surface area contributed by atoms with E-state index in [1.165, 1.54) is 0 Å². The zero-order valence-electron chi connectivity index (χ0n) is 23.7. The molecule has 0 aliphatic heterocycles. The normalized spacial score (nSPS) is 10.7. The first-order valence-electron chi connectivity index (χ1n) is 14.3. The lowest BCUT2D eigenvalue weighted by molar-refractivity contribution is 0.190. The summed E-state index contributed by atoms with van der Waals surface area (Å²) in [6.45, 7) is 10.1. The van der Waals surface area contributed by atoms with Gasteiger partial charge >= 0.3 is 12.2 Å². The van der Waals surface area contributed by atoms with Crippen LogP contribution in [0.4, 0.5) is 9.59 Å². The van der Waals surface area contributed by atoms with Crippen molar-refractivity contribution in [1.82, 2.24) is 10.6 Å². The Bertz CT molecular complexity index is 916. The molecule has 0 radical (unpaired) electrons. The molecular weight excluding hydrogens is 484 g/mol. The Morgan fingerprint density at radius 3 is 1.37 bits per heavy atom. The number of rotatable bonds is 18. The minimum absolute atomic E-state index is 0.249. The molecule has 2 aromatic rings. The standard InChI is InChI=1S/C30H46N2O6/c1-5-9-11-15-19-31-29(33)37-25-23-17-13-14-18-24(23)26(38-30(34)32-20-16-12-10-6-2)28(36-22-8-4)27(25)35-21-7-3/h13-14,17-18H,5-12,15-16,19-22H2,1-4H3,(H,31,33)(H,32,34). The van der Waals surface area contributed by atoms with Crippen LogP contribution in [0.15, 0.2) is 24.3 Å². The van der Waals surface area contributed by atoms with E-state index in [1.54, 1.807) is 0 Å². The van der Waals surface area contributed by atoms with E-state index >= 15 is 0 Å². The molecule has 8 nitrogen and oxygen atoms in total. The van der Waals surface area contributed by atoms with Gasteiger partial charge in [0.1, 0.15) is 0 Å². The Balaban J connectivity index is 2.42. The third-order valence-electron chi connectivity index (χ3n) is 5.92. The number of unbranched alkanes of at least 4 members (excludes halogenated alkanes) is 6. The number of hydrogen-bond acceptors (Lipinski definition) is 6. The molecule has 0 aliphatic rings. The Morgan fingerprint density at radius 1 is 0.579 bits per heavy atom. The molecule has 0 aliphatic carbocycles. The van der Waals surface area contributed by atoms with Crippen LogP contribution in [0.2, 0.25) is 0 Å². The van der Waals surface area contributed by atoms with Crippen molar-refractivity contribution < 1.29 is 28.5 Å². The van der Waals surface area contributed by atoms with Gasteiger partial charge in [-0.15, -0.1) is 0 Å². The van der Waals surface area contributed by atoms with Crippen molar-refractivity contribution in [2.45, 2.75) is 91.9 Å². The summed E-state index contributed by atoms with van der Waals surface area (Å²) in [4.78, 5) is 25.5. The number of nitrogens with one attached hydrogen (secondary N) is 2. The maximum atomic E-state index is 12.8. The van der Waals surface area contributed by atoms with Crippen LogP contribution < -0.4 is 29.6 Å². The number of fused-ring (bicyclic) bond motifs is 1. The Hall–Kier alpha value is -3.16. The maximum Gasteiger partial charge on any atom is 0.412 e. The van der Waals surface area contributed by atoms with Gasteiger partial charge in [0, 0.05) is 23.9 Å². The highest BCUT2D eigenvalue weighted by Gasteiger charge is 2.27. The second-order valence-corrected chi connectivity index (χ2v) is 9.31. The Labute approximate surface area is 227 Å². The average molecular weight is 531 g/mol. The second kappa shape index (κ2) is 18.2. The van der Waals surface area contributed by atoms with Gasteiger partial charge in [-0.25, -0.2) is 9.59 Å². The van der Waals surface area contributed by atoms with Crippen LogP contribution in [0.1, 0.15) is 91.9 Å². The molecule has 2 rings (SSSR count). The van der Waals surface area contributed by atoms with E-state index in [0.29, 0.717) is 37.1 Å². The van der Waals surface area contributed by atoms with Gasteiger partial charge in [0.05, 0.1) is 13.2 Å². The van der Waals surface area contributed by atoms with Crippen LogP contribution in [0.25, 0.3) is 10.8 Å². The van der Waals surface area contributed by atoms with Crippen molar-refractivity contribution in [1.29, 1.82) is 0 Å². The summed E-state index contributed by atoms with van der Waals surface area (Å²) >= 11 is 0. The molecule has 0 fully saturated rings. The van der Waals surface area contributed by atoms with Crippen LogP contribution in [0.5, 0.6) is 23.0 Å². The van der Waals surface area contributed by atoms with Crippen LogP contribution in [-0.2, 0) is 0 Å². The molecule has 0 saturated carbocycles. The van der Waals surface area contributed by atoms with Crippen molar-refractivity contribution in [2.24, 2.45) is 0 Å². The molecule has 0 unspecified atom stereocenters. The number of benzene rings is 2. The molecule has 0 spiro atoms. The van der Waals surface area contributed by atoms with Gasteiger partial charge in [0.2, 0.25) is 11.5 Å². The van der Waals surface area contributed by atoms with E-state index in [9.17, 15) is 9.59 Å². The molecule has 8 heteroatoms. The third kappa shape index (κ3) is 9.95. The van der Waals surface area contributed by atoms with Crippen LogP contribution in [0, 0.1) is 0 Å². The fourth-order valence-electron chi connectivity index (χ4n) is 3.95. The fraction of sp³-hybridized carbons (Fsp3) is 0.600. The predicted octanol–water partition coefficient (Wildman–Crippen LogP) is 7.75. The highest BCUT2D eigenvalue weighted by molar-refractivity contribution is 6.01. The molecule has 2 N–H and O–H groups in total. The molecule has 0 aromatic heterocycles. The van der Waals surface area contributed by atoms with E-state index in [1.807, 2.05) is 38.1 Å². The zero-order chi connectivity index (χ0) is 27.6. The highest BCUT2D eigenvalue weighted by atomic mass is 16.6. The second-order valence-electron chi connectivity index (χ2n) is 9.31. The molecule has 0 bridgehead atoms. The van der Waals surface area contributed by atoms with Gasteiger partial charge in [0.25, 0.3) is 0 Å². The van der Waals surface area contributed by atoms with Gasteiger partial charge in [-0.2, -0.15) is 0 Å². The van der Waals surface area contributed by atoms with Crippen LogP contribution in [-0.4, -0.2) is 38.5 Å². The summed E-state index contributed by atoms with van der Waals surface area (Å²) in [5.41, 5.74) is 0. The molecule has 0 heterocycles. The summed E-state index contributed by atoms with van der Waals surface area (Å²) in [5.74, 6) is 1.01. The summed E-state index contributed by atoms with van der Waals surface area (Å²) in [7, 11) is 0. The fourth-order valence-corrected chi connectivity index (χ4v) is 3.95. The summed E-state index contributed by atoms with van der Waals surface area (Å²) in [5, 5.41) is 6.85. The van der Waals surface area contributed by atoms with E-state index in [4.69, 9.17) is 18.9 Å². The Kier molecular flexibility index (Phi) is 14.8. The van der Waals surface area contributed by atoms with Crippen LogP contribution in [0.3, 0.4) is 0 Å². The lowest BCUT2D eigenvalue weighted by Crippen LogP contribution is -2.29. The van der Waals surface area contributed by atoms with Gasteiger partial charge < -0.3 is 29.6 Å². The monoisotopic (exact) mass is 530 g/mol. The first-order chi connectivity index (χ1) is 18.6. The predicted molar refractivity (Wildman–Crippen MR) is 152 cm³/mol. The smallest absolute Gasteiger partial charge is 0.412 e. The molecule has 38 heavy (non-hydrogen) atoms. The number of carbonyl (C=O) groups excluding carboxylic acids is 2. The summed E-state index contributed by atoms with van der Waals surface area (Å²) < 4.78 is 23.8. The number of carbonyl (C=O) groups is 2. The van der Waals surface area contributed by atoms with Crippen LogP contribution >= 0.6 is 0 Å². The Morgan fingerprint density at radius 2 is 1.00 bits per heavy atom. The molecule has 2 amide bonds. The van der Waals surface area contributed by atoms with Crippen molar-refractivity contribution in [3.05, 3.63) is 24.3 Å². The number of amides is 2. The van der Waals surface area contributed by atoms with Crippen molar-refractivity contribution >= 4 is 23.0 Å². The van der Waals surface area contributed by atoms with Crippen molar-refractivity contribution in [3.8, 4) is 23.0 Å². The van der Waals surface area contributed by atoms with E-state index in [2.05, 4.69) is 24.5 Å². The van der Waals surface area contributed by atoms with E-state index in [0.717, 1.165) is 64.2 Å². The van der Waals surface area contributed by atoms with Gasteiger partial charge in [-0.3, -0.25) is 0 Å². The molecular formula is C30H46N2O6. The van der Waals surface area contributed by atoms with Gasteiger partial charge in [-0.1, -0.05) is 90.5 Å². The highest BCUT2D eigenvalue weighted by Crippen LogP contribution is 2.51. The largest absolute Gasteiger partial charge is 0.486 e. The summed E-state index contributed by atoms with van der Waals surface area (Å²) in [6, 6.07) is 7.31.